The molecule has 0 aromatic heterocycles. The van der Waals surface area contributed by atoms with E-state index in [2.05, 4.69) is 4.72 Å². The fourth-order valence-corrected chi connectivity index (χ4v) is 4.90. The Morgan fingerprint density at radius 3 is 2.06 bits per heavy atom. The summed E-state index contributed by atoms with van der Waals surface area (Å²) in [6.45, 7) is 1.85. The van der Waals surface area contributed by atoms with Crippen LogP contribution in [-0.2, 0) is 19.6 Å². The van der Waals surface area contributed by atoms with Gasteiger partial charge in [0, 0.05) is 18.9 Å². The molecule has 2 aromatic carbocycles. The van der Waals surface area contributed by atoms with Crippen LogP contribution in [0.15, 0.2) is 41.3 Å². The molecule has 1 heterocycles. The Kier molecular flexibility index (Phi) is 7.05. The standard InChI is InChI=1S/C22H26N2O7S/c1-5-16(14-6-8-19(30-3)20(12-14)31-4)23-32(27,28)15-7-9-18(29-2)17(13-15)24-21(25)10-11-22(24)26/h6-9,12-13,16,23H,5,10-11H2,1-4H3/t16-/m0/s1. The van der Waals surface area contributed by atoms with Crippen molar-refractivity contribution in [3.63, 3.8) is 0 Å². The molecule has 0 spiro atoms. The Morgan fingerprint density at radius 1 is 0.906 bits per heavy atom. The van der Waals surface area contributed by atoms with Gasteiger partial charge in [0.15, 0.2) is 11.5 Å². The van der Waals surface area contributed by atoms with Crippen molar-refractivity contribution in [2.75, 3.05) is 26.2 Å². The van der Waals surface area contributed by atoms with Gasteiger partial charge in [0.1, 0.15) is 5.75 Å². The number of hydrogen-bond acceptors (Lipinski definition) is 7. The predicted octanol–water partition coefficient (Wildman–Crippen LogP) is 2.80. The zero-order valence-corrected chi connectivity index (χ0v) is 19.2. The molecule has 10 heteroatoms. The fourth-order valence-electron chi connectivity index (χ4n) is 3.57. The van der Waals surface area contributed by atoms with Crippen molar-refractivity contribution in [3.8, 4) is 17.2 Å². The molecule has 3 rings (SSSR count). The highest BCUT2D eigenvalue weighted by Gasteiger charge is 2.33. The summed E-state index contributed by atoms with van der Waals surface area (Å²) in [5, 5.41) is 0. The first-order valence-electron chi connectivity index (χ1n) is 10.0. The number of nitrogens with one attached hydrogen (secondary N) is 1. The molecule has 172 valence electrons. The van der Waals surface area contributed by atoms with E-state index in [4.69, 9.17) is 14.2 Å². The number of carbonyl (C=O) groups excluding carboxylic acids is 2. The minimum atomic E-state index is -3.99. The lowest BCUT2D eigenvalue weighted by Gasteiger charge is -2.21. The van der Waals surface area contributed by atoms with Gasteiger partial charge in [-0.3, -0.25) is 9.59 Å². The molecule has 0 saturated carbocycles. The Hall–Kier alpha value is -3.11. The molecule has 1 saturated heterocycles. The minimum absolute atomic E-state index is 0.0778. The fraction of sp³-hybridized carbons (Fsp3) is 0.364. The SMILES string of the molecule is CC[C@H](NS(=O)(=O)c1ccc(OC)c(N2C(=O)CCC2=O)c1)c1ccc(OC)c(OC)c1. The van der Waals surface area contributed by atoms with Crippen LogP contribution in [0.5, 0.6) is 17.2 Å². The van der Waals surface area contributed by atoms with Crippen molar-refractivity contribution in [2.24, 2.45) is 0 Å². The highest BCUT2D eigenvalue weighted by Crippen LogP contribution is 2.35. The summed E-state index contributed by atoms with van der Waals surface area (Å²) in [6, 6.07) is 8.73. The molecule has 0 radical (unpaired) electrons. The van der Waals surface area contributed by atoms with Crippen LogP contribution in [-0.4, -0.2) is 41.6 Å². The molecule has 1 N–H and O–H groups in total. The van der Waals surface area contributed by atoms with Crippen LogP contribution in [0.1, 0.15) is 37.8 Å². The molecule has 2 amide bonds. The Morgan fingerprint density at radius 2 is 1.50 bits per heavy atom. The summed E-state index contributed by atoms with van der Waals surface area (Å²) < 4.78 is 44.9. The van der Waals surface area contributed by atoms with E-state index in [1.807, 2.05) is 6.92 Å². The number of carbonyl (C=O) groups is 2. The summed E-state index contributed by atoms with van der Waals surface area (Å²) >= 11 is 0. The lowest BCUT2D eigenvalue weighted by Crippen LogP contribution is -2.31. The maximum Gasteiger partial charge on any atom is 0.241 e. The van der Waals surface area contributed by atoms with Gasteiger partial charge < -0.3 is 14.2 Å². The summed E-state index contributed by atoms with van der Waals surface area (Å²) in [4.78, 5) is 25.3. The number of sulfonamides is 1. The van der Waals surface area contributed by atoms with E-state index in [0.717, 1.165) is 4.90 Å². The zero-order valence-electron chi connectivity index (χ0n) is 18.4. The Labute approximate surface area is 187 Å². The number of methoxy groups -OCH3 is 3. The molecule has 1 aliphatic heterocycles. The van der Waals surface area contributed by atoms with Gasteiger partial charge in [-0.2, -0.15) is 0 Å². The second-order valence-electron chi connectivity index (χ2n) is 7.15. The molecule has 1 aliphatic rings. The van der Waals surface area contributed by atoms with E-state index in [9.17, 15) is 18.0 Å². The van der Waals surface area contributed by atoms with Crippen LogP contribution in [0.25, 0.3) is 0 Å². The van der Waals surface area contributed by atoms with Crippen LogP contribution < -0.4 is 23.8 Å². The Balaban J connectivity index is 1.96. The van der Waals surface area contributed by atoms with Gasteiger partial charge in [0.25, 0.3) is 0 Å². The van der Waals surface area contributed by atoms with E-state index < -0.39 is 27.9 Å². The molecular weight excluding hydrogens is 436 g/mol. The van der Waals surface area contributed by atoms with E-state index in [0.29, 0.717) is 23.5 Å². The average molecular weight is 463 g/mol. The second kappa shape index (κ2) is 9.58. The van der Waals surface area contributed by atoms with Crippen molar-refractivity contribution in [3.05, 3.63) is 42.0 Å². The van der Waals surface area contributed by atoms with E-state index in [-0.39, 0.29) is 29.2 Å². The second-order valence-corrected chi connectivity index (χ2v) is 8.87. The third-order valence-corrected chi connectivity index (χ3v) is 6.74. The van der Waals surface area contributed by atoms with Gasteiger partial charge in [-0.25, -0.2) is 18.0 Å². The number of benzene rings is 2. The molecular formula is C22H26N2O7S. The van der Waals surface area contributed by atoms with Crippen LogP contribution in [0.4, 0.5) is 5.69 Å². The van der Waals surface area contributed by atoms with Crippen LogP contribution in [0, 0.1) is 0 Å². The lowest BCUT2D eigenvalue weighted by molar-refractivity contribution is -0.121. The molecule has 9 nitrogen and oxygen atoms in total. The normalized spacial score (nSPS) is 15.1. The molecule has 1 fully saturated rings. The monoisotopic (exact) mass is 462 g/mol. The summed E-state index contributed by atoms with van der Waals surface area (Å²) in [7, 11) is 0.424. The number of ether oxygens (including phenoxy) is 3. The number of nitrogens with zero attached hydrogens (tertiary/aromatic N) is 1. The number of imide groups is 1. The molecule has 0 aliphatic carbocycles. The highest BCUT2D eigenvalue weighted by molar-refractivity contribution is 7.89. The number of amides is 2. The maximum atomic E-state index is 13.2. The number of anilines is 1. The van der Waals surface area contributed by atoms with Crippen molar-refractivity contribution < 1.29 is 32.2 Å². The topological polar surface area (TPSA) is 111 Å². The minimum Gasteiger partial charge on any atom is -0.495 e. The van der Waals surface area contributed by atoms with Crippen LogP contribution >= 0.6 is 0 Å². The first-order chi connectivity index (χ1) is 15.2. The zero-order chi connectivity index (χ0) is 23.5. The van der Waals surface area contributed by atoms with Crippen molar-refractivity contribution in [1.29, 1.82) is 0 Å². The van der Waals surface area contributed by atoms with Crippen molar-refractivity contribution >= 4 is 27.5 Å². The molecule has 0 unspecified atom stereocenters. The van der Waals surface area contributed by atoms with Gasteiger partial charge in [0.2, 0.25) is 21.8 Å². The summed E-state index contributed by atoms with van der Waals surface area (Å²) in [5.74, 6) is 0.466. The highest BCUT2D eigenvalue weighted by atomic mass is 32.2. The van der Waals surface area contributed by atoms with Gasteiger partial charge in [-0.05, 0) is 42.3 Å². The Bertz CT molecular complexity index is 1120. The van der Waals surface area contributed by atoms with Crippen molar-refractivity contribution in [2.45, 2.75) is 37.1 Å². The van der Waals surface area contributed by atoms with Gasteiger partial charge in [0.05, 0.1) is 31.9 Å². The molecule has 1 atom stereocenters. The number of rotatable bonds is 9. The van der Waals surface area contributed by atoms with Crippen LogP contribution in [0.2, 0.25) is 0 Å². The van der Waals surface area contributed by atoms with E-state index >= 15 is 0 Å². The molecule has 32 heavy (non-hydrogen) atoms. The van der Waals surface area contributed by atoms with Gasteiger partial charge in [-0.15, -0.1) is 0 Å². The molecule has 0 bridgehead atoms. The van der Waals surface area contributed by atoms with E-state index in [1.165, 1.54) is 39.5 Å². The summed E-state index contributed by atoms with van der Waals surface area (Å²) in [5.41, 5.74) is 0.814. The molecule has 2 aromatic rings. The van der Waals surface area contributed by atoms with E-state index in [1.54, 1.807) is 18.2 Å². The number of hydrogen-bond donors (Lipinski definition) is 1. The van der Waals surface area contributed by atoms with Crippen molar-refractivity contribution in [1.82, 2.24) is 4.72 Å². The lowest BCUT2D eigenvalue weighted by atomic mass is 10.1. The quantitative estimate of drug-likeness (QED) is 0.571. The third-order valence-electron chi connectivity index (χ3n) is 5.27. The van der Waals surface area contributed by atoms with Gasteiger partial charge >= 0.3 is 0 Å². The third kappa shape index (κ3) is 4.56. The average Bonchev–Trinajstić information content (AvgIpc) is 3.14. The largest absolute Gasteiger partial charge is 0.495 e. The maximum absolute atomic E-state index is 13.2. The van der Waals surface area contributed by atoms with Gasteiger partial charge in [-0.1, -0.05) is 13.0 Å². The smallest absolute Gasteiger partial charge is 0.241 e. The summed E-state index contributed by atoms with van der Waals surface area (Å²) in [6.07, 6.45) is 0.629. The first kappa shape index (κ1) is 23.6. The first-order valence-corrected chi connectivity index (χ1v) is 11.5. The van der Waals surface area contributed by atoms with Crippen LogP contribution in [0.3, 0.4) is 0 Å². The predicted molar refractivity (Wildman–Crippen MR) is 118 cm³/mol.